The summed E-state index contributed by atoms with van der Waals surface area (Å²) in [5.74, 6) is 0.533. The van der Waals surface area contributed by atoms with Gasteiger partial charge in [0, 0.05) is 22.6 Å². The lowest BCUT2D eigenvalue weighted by Gasteiger charge is -2.28. The highest BCUT2D eigenvalue weighted by molar-refractivity contribution is 6.35. The van der Waals surface area contributed by atoms with E-state index in [-0.39, 0.29) is 0 Å². The van der Waals surface area contributed by atoms with Crippen LogP contribution >= 0.6 is 23.2 Å². The van der Waals surface area contributed by atoms with Gasteiger partial charge in [0.2, 0.25) is 0 Å². The molecule has 1 aromatic rings. The summed E-state index contributed by atoms with van der Waals surface area (Å²) < 4.78 is 0. The van der Waals surface area contributed by atoms with E-state index >= 15 is 0 Å². The Kier molecular flexibility index (Phi) is 3.55. The molecule has 1 N–H and O–H groups in total. The first kappa shape index (κ1) is 11.3. The monoisotopic (exact) mass is 243 g/mol. The van der Waals surface area contributed by atoms with E-state index in [4.69, 9.17) is 23.2 Å². The number of rotatable bonds is 1. The summed E-state index contributed by atoms with van der Waals surface area (Å²) in [7, 11) is 0. The molecule has 1 aliphatic rings. The zero-order valence-electron chi connectivity index (χ0n) is 8.76. The van der Waals surface area contributed by atoms with Crippen molar-refractivity contribution in [1.82, 2.24) is 5.32 Å². The smallest absolute Gasteiger partial charge is 0.0456 e. The predicted molar refractivity (Wildman–Crippen MR) is 65.9 cm³/mol. The Bertz CT molecular complexity index is 343. The Morgan fingerprint density at radius 2 is 2.07 bits per heavy atom. The number of benzene rings is 1. The van der Waals surface area contributed by atoms with Crippen molar-refractivity contribution < 1.29 is 0 Å². The third kappa shape index (κ3) is 2.66. The van der Waals surface area contributed by atoms with Crippen LogP contribution in [0.25, 0.3) is 0 Å². The van der Waals surface area contributed by atoms with Crippen molar-refractivity contribution in [2.75, 3.05) is 6.54 Å². The summed E-state index contributed by atoms with van der Waals surface area (Å²) in [6.07, 6.45) is 2.42. The standard InChI is InChI=1S/C12H15Cl2N/c1-8-2-3-9(7-15-8)11-5-4-10(13)6-12(11)14/h4-6,8-9,15H,2-3,7H2,1H3. The van der Waals surface area contributed by atoms with Crippen molar-refractivity contribution in [2.45, 2.75) is 31.7 Å². The molecular weight excluding hydrogens is 229 g/mol. The van der Waals surface area contributed by atoms with E-state index in [0.29, 0.717) is 17.0 Å². The number of hydrogen-bond donors (Lipinski definition) is 1. The summed E-state index contributed by atoms with van der Waals surface area (Å²) in [6, 6.07) is 6.43. The van der Waals surface area contributed by atoms with E-state index in [1.54, 1.807) is 0 Å². The second kappa shape index (κ2) is 4.73. The van der Waals surface area contributed by atoms with Gasteiger partial charge < -0.3 is 5.32 Å². The molecule has 2 rings (SSSR count). The van der Waals surface area contributed by atoms with Crippen molar-refractivity contribution >= 4 is 23.2 Å². The molecule has 1 nitrogen and oxygen atoms in total. The second-order valence-electron chi connectivity index (χ2n) is 4.25. The van der Waals surface area contributed by atoms with E-state index in [2.05, 4.69) is 12.2 Å². The molecular formula is C12H15Cl2N. The van der Waals surface area contributed by atoms with E-state index in [1.807, 2.05) is 18.2 Å². The molecule has 2 atom stereocenters. The lowest BCUT2D eigenvalue weighted by Crippen LogP contribution is -2.35. The summed E-state index contributed by atoms with van der Waals surface area (Å²) in [5, 5.41) is 4.99. The van der Waals surface area contributed by atoms with Crippen molar-refractivity contribution in [3.05, 3.63) is 33.8 Å². The van der Waals surface area contributed by atoms with Crippen LogP contribution in [0.2, 0.25) is 10.0 Å². The van der Waals surface area contributed by atoms with Crippen LogP contribution in [0.4, 0.5) is 0 Å². The topological polar surface area (TPSA) is 12.0 Å². The summed E-state index contributed by atoms with van der Waals surface area (Å²) in [5.41, 5.74) is 1.22. The lowest BCUT2D eigenvalue weighted by atomic mass is 9.89. The van der Waals surface area contributed by atoms with E-state index < -0.39 is 0 Å². The number of nitrogens with one attached hydrogen (secondary N) is 1. The first-order chi connectivity index (χ1) is 7.16. The van der Waals surface area contributed by atoms with Gasteiger partial charge in [-0.05, 0) is 43.4 Å². The molecule has 3 heteroatoms. The SMILES string of the molecule is CC1CCC(c2ccc(Cl)cc2Cl)CN1. The molecule has 0 saturated carbocycles. The van der Waals surface area contributed by atoms with E-state index in [0.717, 1.165) is 11.6 Å². The first-order valence-corrected chi connectivity index (χ1v) is 6.10. The number of hydrogen-bond acceptors (Lipinski definition) is 1. The van der Waals surface area contributed by atoms with Gasteiger partial charge in [-0.15, -0.1) is 0 Å². The molecule has 0 spiro atoms. The molecule has 0 aromatic heterocycles. The average Bonchev–Trinajstić information content (AvgIpc) is 2.20. The first-order valence-electron chi connectivity index (χ1n) is 5.35. The highest BCUT2D eigenvalue weighted by Crippen LogP contribution is 2.32. The van der Waals surface area contributed by atoms with Crippen molar-refractivity contribution in [1.29, 1.82) is 0 Å². The van der Waals surface area contributed by atoms with Crippen LogP contribution in [0.5, 0.6) is 0 Å². The van der Waals surface area contributed by atoms with Crippen LogP contribution in [0.15, 0.2) is 18.2 Å². The lowest BCUT2D eigenvalue weighted by molar-refractivity contribution is 0.385. The van der Waals surface area contributed by atoms with Gasteiger partial charge in [-0.2, -0.15) is 0 Å². The largest absolute Gasteiger partial charge is 0.314 e. The Hall–Kier alpha value is -0.240. The molecule has 2 unspecified atom stereocenters. The maximum atomic E-state index is 6.19. The molecule has 0 aliphatic carbocycles. The van der Waals surface area contributed by atoms with Gasteiger partial charge in [0.15, 0.2) is 0 Å². The second-order valence-corrected chi connectivity index (χ2v) is 5.09. The quantitative estimate of drug-likeness (QED) is 0.791. The summed E-state index contributed by atoms with van der Waals surface area (Å²) in [4.78, 5) is 0. The predicted octanol–water partition coefficient (Wildman–Crippen LogP) is 3.85. The van der Waals surface area contributed by atoms with Gasteiger partial charge in [-0.25, -0.2) is 0 Å². The maximum absolute atomic E-state index is 6.19. The fourth-order valence-corrected chi connectivity index (χ4v) is 2.66. The highest BCUT2D eigenvalue weighted by Gasteiger charge is 2.20. The minimum atomic E-state index is 0.533. The Morgan fingerprint density at radius 3 is 2.67 bits per heavy atom. The van der Waals surface area contributed by atoms with Crippen LogP contribution in [0.1, 0.15) is 31.2 Å². The molecule has 82 valence electrons. The highest BCUT2D eigenvalue weighted by atomic mass is 35.5. The molecule has 0 bridgehead atoms. The molecule has 0 amide bonds. The zero-order chi connectivity index (χ0) is 10.8. The Balaban J connectivity index is 2.15. The molecule has 1 aliphatic heterocycles. The Labute approximate surface area is 101 Å². The zero-order valence-corrected chi connectivity index (χ0v) is 10.3. The molecule has 1 fully saturated rings. The molecule has 1 heterocycles. The molecule has 1 aromatic carbocycles. The average molecular weight is 244 g/mol. The van der Waals surface area contributed by atoms with Crippen molar-refractivity contribution in [3.63, 3.8) is 0 Å². The van der Waals surface area contributed by atoms with Gasteiger partial charge in [0.1, 0.15) is 0 Å². The maximum Gasteiger partial charge on any atom is 0.0456 e. The van der Waals surface area contributed by atoms with E-state index in [9.17, 15) is 0 Å². The molecule has 0 radical (unpaired) electrons. The van der Waals surface area contributed by atoms with Gasteiger partial charge in [0.25, 0.3) is 0 Å². The van der Waals surface area contributed by atoms with E-state index in [1.165, 1.54) is 18.4 Å². The van der Waals surface area contributed by atoms with Crippen LogP contribution in [0, 0.1) is 0 Å². The molecule has 1 saturated heterocycles. The fraction of sp³-hybridized carbons (Fsp3) is 0.500. The van der Waals surface area contributed by atoms with Crippen LogP contribution in [0.3, 0.4) is 0 Å². The minimum absolute atomic E-state index is 0.533. The van der Waals surface area contributed by atoms with Crippen LogP contribution < -0.4 is 5.32 Å². The van der Waals surface area contributed by atoms with Crippen molar-refractivity contribution in [3.8, 4) is 0 Å². The third-order valence-corrected chi connectivity index (χ3v) is 3.63. The third-order valence-electron chi connectivity index (χ3n) is 3.06. The fourth-order valence-electron chi connectivity index (χ4n) is 2.10. The summed E-state index contributed by atoms with van der Waals surface area (Å²) in [6.45, 7) is 3.24. The van der Waals surface area contributed by atoms with Gasteiger partial charge in [0.05, 0.1) is 0 Å². The van der Waals surface area contributed by atoms with Crippen LogP contribution in [-0.4, -0.2) is 12.6 Å². The Morgan fingerprint density at radius 1 is 1.27 bits per heavy atom. The minimum Gasteiger partial charge on any atom is -0.314 e. The molecule has 15 heavy (non-hydrogen) atoms. The van der Waals surface area contributed by atoms with Crippen LogP contribution in [-0.2, 0) is 0 Å². The van der Waals surface area contributed by atoms with Gasteiger partial charge in [-0.1, -0.05) is 29.3 Å². The van der Waals surface area contributed by atoms with Gasteiger partial charge >= 0.3 is 0 Å². The van der Waals surface area contributed by atoms with Gasteiger partial charge in [-0.3, -0.25) is 0 Å². The number of halogens is 2. The summed E-state index contributed by atoms with van der Waals surface area (Å²) >= 11 is 12.1. The normalized spacial score (nSPS) is 26.6. The number of piperidine rings is 1. The van der Waals surface area contributed by atoms with Crippen molar-refractivity contribution in [2.24, 2.45) is 0 Å².